The maximum Gasteiger partial charge on any atom is 0.297 e. The standard InChI is InChI=1S/C12H17N3O3/c1-8(17)11-6-18-12(13-11)14-4-9-2-3-10(5-14)15(9)7-16/h6-10,17H,2-5H2,1H3/t8?,9-,10+. The van der Waals surface area contributed by atoms with Crippen LogP contribution in [0.5, 0.6) is 0 Å². The normalized spacial score (nSPS) is 28.6. The minimum Gasteiger partial charge on any atom is -0.432 e. The van der Waals surface area contributed by atoms with Crippen LogP contribution in [-0.2, 0) is 4.79 Å². The lowest BCUT2D eigenvalue weighted by Crippen LogP contribution is -2.53. The third-order valence-corrected chi connectivity index (χ3v) is 3.87. The molecule has 1 unspecified atom stereocenters. The second kappa shape index (κ2) is 4.28. The summed E-state index contributed by atoms with van der Waals surface area (Å²) >= 11 is 0. The topological polar surface area (TPSA) is 69.8 Å². The summed E-state index contributed by atoms with van der Waals surface area (Å²) in [5.74, 6) is 0. The van der Waals surface area contributed by atoms with E-state index < -0.39 is 6.10 Å². The molecule has 1 aromatic rings. The first-order valence-corrected chi connectivity index (χ1v) is 6.30. The highest BCUT2D eigenvalue weighted by atomic mass is 16.4. The summed E-state index contributed by atoms with van der Waals surface area (Å²) < 4.78 is 5.41. The summed E-state index contributed by atoms with van der Waals surface area (Å²) in [6.07, 6.45) is 3.92. The van der Waals surface area contributed by atoms with Gasteiger partial charge in [0, 0.05) is 25.2 Å². The Morgan fingerprint density at radius 1 is 1.50 bits per heavy atom. The van der Waals surface area contributed by atoms with E-state index in [1.165, 1.54) is 6.26 Å². The molecule has 2 aliphatic heterocycles. The van der Waals surface area contributed by atoms with Gasteiger partial charge < -0.3 is 19.3 Å². The number of anilines is 1. The predicted octanol–water partition coefficient (Wildman–Crippen LogP) is 0.537. The van der Waals surface area contributed by atoms with Gasteiger partial charge in [-0.15, -0.1) is 0 Å². The van der Waals surface area contributed by atoms with Crippen molar-refractivity contribution in [1.82, 2.24) is 9.88 Å². The number of carbonyl (C=O) groups is 1. The van der Waals surface area contributed by atoms with E-state index in [1.807, 2.05) is 4.90 Å². The van der Waals surface area contributed by atoms with Crippen LogP contribution in [0.1, 0.15) is 31.6 Å². The average Bonchev–Trinajstić information content (AvgIpc) is 2.92. The van der Waals surface area contributed by atoms with E-state index in [-0.39, 0.29) is 12.1 Å². The van der Waals surface area contributed by atoms with Crippen molar-refractivity contribution in [2.24, 2.45) is 0 Å². The number of amides is 1. The molecular weight excluding hydrogens is 234 g/mol. The molecule has 3 rings (SSSR count). The van der Waals surface area contributed by atoms with Gasteiger partial charge in [0.2, 0.25) is 6.41 Å². The van der Waals surface area contributed by atoms with Crippen LogP contribution in [0.25, 0.3) is 0 Å². The fourth-order valence-corrected chi connectivity index (χ4v) is 2.88. The Kier molecular flexibility index (Phi) is 2.74. The van der Waals surface area contributed by atoms with Gasteiger partial charge in [0.25, 0.3) is 6.01 Å². The van der Waals surface area contributed by atoms with Gasteiger partial charge in [-0.1, -0.05) is 0 Å². The number of nitrogens with zero attached hydrogens (tertiary/aromatic N) is 3. The minimum atomic E-state index is -0.615. The highest BCUT2D eigenvalue weighted by molar-refractivity contribution is 5.51. The number of aliphatic hydroxyl groups excluding tert-OH is 1. The van der Waals surface area contributed by atoms with E-state index >= 15 is 0 Å². The molecule has 6 heteroatoms. The first-order chi connectivity index (χ1) is 8.69. The van der Waals surface area contributed by atoms with Gasteiger partial charge >= 0.3 is 0 Å². The van der Waals surface area contributed by atoms with E-state index in [1.54, 1.807) is 6.92 Å². The Bertz CT molecular complexity index is 432. The van der Waals surface area contributed by atoms with Crippen molar-refractivity contribution in [2.75, 3.05) is 18.0 Å². The van der Waals surface area contributed by atoms with Gasteiger partial charge in [0.05, 0.1) is 6.10 Å². The van der Waals surface area contributed by atoms with Crippen LogP contribution in [0.2, 0.25) is 0 Å². The molecule has 0 radical (unpaired) electrons. The van der Waals surface area contributed by atoms with Crippen LogP contribution in [-0.4, -0.2) is 46.6 Å². The third-order valence-electron chi connectivity index (χ3n) is 3.87. The number of piperazine rings is 1. The molecule has 2 saturated heterocycles. The maximum atomic E-state index is 11.0. The number of rotatable bonds is 3. The number of aliphatic hydroxyl groups is 1. The second-order valence-electron chi connectivity index (χ2n) is 5.07. The van der Waals surface area contributed by atoms with E-state index in [4.69, 9.17) is 4.42 Å². The van der Waals surface area contributed by atoms with E-state index in [2.05, 4.69) is 9.88 Å². The molecule has 6 nitrogen and oxygen atoms in total. The summed E-state index contributed by atoms with van der Waals surface area (Å²) in [5, 5.41) is 9.44. The van der Waals surface area contributed by atoms with Crippen molar-refractivity contribution < 1.29 is 14.3 Å². The number of carbonyl (C=O) groups excluding carboxylic acids is 1. The lowest BCUT2D eigenvalue weighted by molar-refractivity contribution is -0.121. The largest absolute Gasteiger partial charge is 0.432 e. The fourth-order valence-electron chi connectivity index (χ4n) is 2.88. The quantitative estimate of drug-likeness (QED) is 0.794. The SMILES string of the molecule is CC(O)c1coc(N2C[C@H]3CC[C@@H](C2)N3C=O)n1. The molecule has 0 spiro atoms. The Morgan fingerprint density at radius 2 is 2.17 bits per heavy atom. The Labute approximate surface area is 105 Å². The molecule has 98 valence electrons. The summed E-state index contributed by atoms with van der Waals surface area (Å²) in [7, 11) is 0. The first-order valence-electron chi connectivity index (χ1n) is 6.30. The molecule has 0 aromatic carbocycles. The van der Waals surface area contributed by atoms with Crippen LogP contribution in [0.15, 0.2) is 10.7 Å². The maximum absolute atomic E-state index is 11.0. The molecule has 3 heterocycles. The summed E-state index contributed by atoms with van der Waals surface area (Å²) in [6.45, 7) is 3.18. The molecule has 0 saturated carbocycles. The number of fused-ring (bicyclic) bond motifs is 2. The smallest absolute Gasteiger partial charge is 0.297 e. The van der Waals surface area contributed by atoms with Crippen LogP contribution < -0.4 is 4.90 Å². The number of hydrogen-bond acceptors (Lipinski definition) is 5. The average molecular weight is 251 g/mol. The van der Waals surface area contributed by atoms with Crippen molar-refractivity contribution >= 4 is 12.4 Å². The Balaban J connectivity index is 1.77. The highest BCUT2D eigenvalue weighted by Crippen LogP contribution is 2.31. The van der Waals surface area contributed by atoms with Crippen LogP contribution in [0.3, 0.4) is 0 Å². The van der Waals surface area contributed by atoms with Gasteiger partial charge in [-0.05, 0) is 19.8 Å². The zero-order valence-electron chi connectivity index (χ0n) is 10.3. The monoisotopic (exact) mass is 251 g/mol. The van der Waals surface area contributed by atoms with Crippen molar-refractivity contribution in [2.45, 2.75) is 38.0 Å². The summed E-state index contributed by atoms with van der Waals surface area (Å²) in [6, 6.07) is 1.08. The number of hydrogen-bond donors (Lipinski definition) is 1. The molecular formula is C12H17N3O3. The molecule has 1 aromatic heterocycles. The number of aromatic nitrogens is 1. The molecule has 0 aliphatic carbocycles. The zero-order valence-corrected chi connectivity index (χ0v) is 10.3. The molecule has 1 amide bonds. The van der Waals surface area contributed by atoms with E-state index in [0.717, 1.165) is 32.3 Å². The first kappa shape index (κ1) is 11.5. The molecule has 2 bridgehead atoms. The van der Waals surface area contributed by atoms with Crippen molar-refractivity contribution in [3.63, 3.8) is 0 Å². The molecule has 2 aliphatic rings. The van der Waals surface area contributed by atoms with Crippen LogP contribution in [0, 0.1) is 0 Å². The molecule has 3 atom stereocenters. The van der Waals surface area contributed by atoms with Crippen molar-refractivity contribution in [1.29, 1.82) is 0 Å². The molecule has 18 heavy (non-hydrogen) atoms. The summed E-state index contributed by atoms with van der Waals surface area (Å²) in [4.78, 5) is 19.3. The third kappa shape index (κ3) is 1.77. The predicted molar refractivity (Wildman–Crippen MR) is 64.1 cm³/mol. The van der Waals surface area contributed by atoms with Gasteiger partial charge in [-0.2, -0.15) is 4.98 Å². The minimum absolute atomic E-state index is 0.267. The number of oxazole rings is 1. The van der Waals surface area contributed by atoms with Crippen molar-refractivity contribution in [3.05, 3.63) is 12.0 Å². The van der Waals surface area contributed by atoms with Gasteiger partial charge in [0.1, 0.15) is 12.0 Å². The Hall–Kier alpha value is -1.56. The van der Waals surface area contributed by atoms with Gasteiger partial charge in [0.15, 0.2) is 0 Å². The fraction of sp³-hybridized carbons (Fsp3) is 0.667. The highest BCUT2D eigenvalue weighted by Gasteiger charge is 2.40. The van der Waals surface area contributed by atoms with Gasteiger partial charge in [-0.3, -0.25) is 4.79 Å². The second-order valence-corrected chi connectivity index (χ2v) is 5.07. The van der Waals surface area contributed by atoms with E-state index in [0.29, 0.717) is 11.7 Å². The Morgan fingerprint density at radius 3 is 2.67 bits per heavy atom. The molecule has 1 N–H and O–H groups in total. The lowest BCUT2D eigenvalue weighted by Gasteiger charge is -2.38. The summed E-state index contributed by atoms with van der Waals surface area (Å²) in [5.41, 5.74) is 0.551. The van der Waals surface area contributed by atoms with Crippen LogP contribution in [0.4, 0.5) is 6.01 Å². The van der Waals surface area contributed by atoms with Gasteiger partial charge in [-0.25, -0.2) is 0 Å². The molecule has 2 fully saturated rings. The van der Waals surface area contributed by atoms with E-state index in [9.17, 15) is 9.90 Å². The van der Waals surface area contributed by atoms with Crippen molar-refractivity contribution in [3.8, 4) is 0 Å². The van der Waals surface area contributed by atoms with Crippen LogP contribution >= 0.6 is 0 Å². The zero-order chi connectivity index (χ0) is 12.7. The lowest BCUT2D eigenvalue weighted by atomic mass is 10.2.